The lowest BCUT2D eigenvalue weighted by molar-refractivity contribution is -0.829. The molecule has 0 spiro atoms. The van der Waals surface area contributed by atoms with Crippen molar-refractivity contribution in [3.63, 3.8) is 0 Å². The molecule has 2 N–H and O–H groups in total. The van der Waals surface area contributed by atoms with Crippen LogP contribution in [-0.2, 0) is 11.3 Å². The second kappa shape index (κ2) is 9.54. The number of aromatic nitrogens is 1. The highest BCUT2D eigenvalue weighted by atomic mass is 16.6. The van der Waals surface area contributed by atoms with Gasteiger partial charge >= 0.3 is 0 Å². The van der Waals surface area contributed by atoms with E-state index < -0.39 is 0 Å². The summed E-state index contributed by atoms with van der Waals surface area (Å²) in [5, 5.41) is 8.79. The molecule has 0 atom stereocenters. The Hall–Kier alpha value is -3.12. The van der Waals surface area contributed by atoms with Crippen LogP contribution >= 0.6 is 0 Å². The van der Waals surface area contributed by atoms with Crippen molar-refractivity contribution >= 4 is 11.5 Å². The summed E-state index contributed by atoms with van der Waals surface area (Å²) in [4.78, 5) is 12.0. The molecule has 0 amide bonds. The number of benzene rings is 1. The first-order valence-electron chi connectivity index (χ1n) is 9.01. The van der Waals surface area contributed by atoms with E-state index in [0.717, 1.165) is 48.6 Å². The van der Waals surface area contributed by atoms with Crippen LogP contribution in [0.15, 0.2) is 54.2 Å². The van der Waals surface area contributed by atoms with E-state index in [-0.39, 0.29) is 0 Å². The van der Waals surface area contributed by atoms with E-state index in [1.807, 2.05) is 48.7 Å². The number of quaternary nitrogens is 1. The van der Waals surface area contributed by atoms with Crippen LogP contribution in [0.5, 0.6) is 0 Å². The minimum absolute atomic E-state index is 0.419. The molecular weight excluding hydrogens is 336 g/mol. The monoisotopic (exact) mass is 359 g/mol. The Kier molecular flexibility index (Phi) is 6.60. The van der Waals surface area contributed by atoms with Gasteiger partial charge in [-0.2, -0.15) is 10.7 Å². The summed E-state index contributed by atoms with van der Waals surface area (Å²) < 4.78 is 0. The number of allylic oxidation sites excluding steroid dienone is 1. The number of hydrogen-bond acceptors (Lipinski definition) is 4. The normalized spacial score (nSPS) is 13.5. The maximum absolute atomic E-state index is 8.79. The Bertz CT molecular complexity index is 908. The van der Waals surface area contributed by atoms with Crippen molar-refractivity contribution in [1.82, 2.24) is 4.98 Å². The van der Waals surface area contributed by atoms with E-state index in [1.54, 1.807) is 12.6 Å². The van der Waals surface area contributed by atoms with Crippen LogP contribution in [-0.4, -0.2) is 25.2 Å². The number of hydrogen-bond donors (Lipinski definition) is 1. The third-order valence-corrected chi connectivity index (χ3v) is 4.47. The van der Waals surface area contributed by atoms with Crippen LogP contribution in [0.2, 0.25) is 0 Å². The van der Waals surface area contributed by atoms with Crippen molar-refractivity contribution in [2.45, 2.75) is 19.3 Å². The van der Waals surface area contributed by atoms with Crippen LogP contribution in [0.4, 0.5) is 11.5 Å². The van der Waals surface area contributed by atoms with Gasteiger partial charge in [-0.15, -0.1) is 0 Å². The van der Waals surface area contributed by atoms with Gasteiger partial charge in [-0.3, -0.25) is 0 Å². The van der Waals surface area contributed by atoms with Gasteiger partial charge in [0.2, 0.25) is 5.69 Å². The van der Waals surface area contributed by atoms with Crippen LogP contribution in [0.1, 0.15) is 24.0 Å². The Morgan fingerprint density at radius 2 is 2.11 bits per heavy atom. The zero-order chi connectivity index (χ0) is 18.9. The molecule has 1 aromatic carbocycles. The third-order valence-electron chi connectivity index (χ3n) is 4.47. The number of nitrogens with zero attached hydrogens (tertiary/aromatic N) is 3. The molecule has 2 heterocycles. The molecule has 1 fully saturated rings. The molecule has 0 radical (unpaired) electrons. The van der Waals surface area contributed by atoms with Gasteiger partial charge in [0.15, 0.2) is 5.82 Å². The molecule has 1 saturated heterocycles. The van der Waals surface area contributed by atoms with Crippen molar-refractivity contribution in [3.8, 4) is 17.9 Å². The van der Waals surface area contributed by atoms with Gasteiger partial charge in [-0.05, 0) is 42.7 Å². The second-order valence-electron chi connectivity index (χ2n) is 6.36. The molecule has 5 nitrogen and oxygen atoms in total. The van der Waals surface area contributed by atoms with Crippen LogP contribution in [0.3, 0.4) is 0 Å². The molecular formula is C22H23N4O+. The topological polar surface area (TPSA) is 65.8 Å². The van der Waals surface area contributed by atoms with E-state index in [2.05, 4.69) is 27.8 Å². The molecule has 1 aliphatic rings. The van der Waals surface area contributed by atoms with Gasteiger partial charge in [0.1, 0.15) is 0 Å². The smallest absolute Gasteiger partial charge is 0.204 e. The van der Waals surface area contributed by atoms with E-state index in [4.69, 9.17) is 10.1 Å². The lowest BCUT2D eigenvalue weighted by atomic mass is 10.0. The third kappa shape index (κ3) is 5.18. The van der Waals surface area contributed by atoms with Crippen molar-refractivity contribution in [2.75, 3.05) is 25.1 Å². The van der Waals surface area contributed by atoms with Crippen LogP contribution < -0.4 is 10.4 Å². The molecule has 2 aromatic rings. The summed E-state index contributed by atoms with van der Waals surface area (Å²) in [6.45, 7) is 1.85. The Labute approximate surface area is 160 Å². The van der Waals surface area contributed by atoms with Gasteiger partial charge in [-0.1, -0.05) is 29.5 Å². The highest BCUT2D eigenvalue weighted by Crippen LogP contribution is 2.24. The molecule has 0 unspecified atom stereocenters. The second-order valence-corrected chi connectivity index (χ2v) is 6.36. The molecule has 1 aromatic heterocycles. The Morgan fingerprint density at radius 1 is 1.26 bits per heavy atom. The number of nitrogens with two attached hydrogens (primary N) is 1. The van der Waals surface area contributed by atoms with Crippen LogP contribution in [0.25, 0.3) is 0 Å². The van der Waals surface area contributed by atoms with E-state index in [1.165, 1.54) is 5.57 Å². The standard InChI is InChI=1S/C22H22N4O/c1-27-25-21-9-4-14-24-22(21)26-15-11-18(12-16-26)5-2-6-19-7-3-8-20(17-19)10-13-23/h3-5,7-9,14,17,25H,10-12,15-16H2,1H3/p+1. The summed E-state index contributed by atoms with van der Waals surface area (Å²) >= 11 is 0. The van der Waals surface area contributed by atoms with Gasteiger partial charge in [0, 0.05) is 30.9 Å². The summed E-state index contributed by atoms with van der Waals surface area (Å²) in [6, 6.07) is 14.0. The average Bonchev–Trinajstić information content (AvgIpc) is 2.70. The van der Waals surface area contributed by atoms with Crippen molar-refractivity contribution in [2.24, 2.45) is 0 Å². The molecule has 3 rings (SSSR count). The zero-order valence-electron chi connectivity index (χ0n) is 15.5. The summed E-state index contributed by atoms with van der Waals surface area (Å²) in [6.07, 6.45) is 6.23. The number of anilines is 1. The summed E-state index contributed by atoms with van der Waals surface area (Å²) in [5.74, 6) is 7.32. The van der Waals surface area contributed by atoms with E-state index in [0.29, 0.717) is 6.42 Å². The van der Waals surface area contributed by atoms with Crippen molar-refractivity contribution in [1.29, 1.82) is 5.26 Å². The van der Waals surface area contributed by atoms with Gasteiger partial charge in [0.25, 0.3) is 0 Å². The van der Waals surface area contributed by atoms with Crippen molar-refractivity contribution < 1.29 is 10.3 Å². The fourth-order valence-electron chi connectivity index (χ4n) is 3.11. The Morgan fingerprint density at radius 3 is 2.89 bits per heavy atom. The molecule has 0 saturated carbocycles. The first-order valence-corrected chi connectivity index (χ1v) is 9.01. The number of rotatable bonds is 4. The molecule has 1 aliphatic heterocycles. The number of nitriles is 1. The van der Waals surface area contributed by atoms with Crippen LogP contribution in [0, 0.1) is 23.2 Å². The fraction of sp³-hybridized carbons (Fsp3) is 0.273. The average molecular weight is 359 g/mol. The zero-order valence-corrected chi connectivity index (χ0v) is 15.5. The quantitative estimate of drug-likeness (QED) is 0.673. The first-order chi connectivity index (χ1) is 13.3. The number of piperidine rings is 1. The maximum Gasteiger partial charge on any atom is 0.204 e. The van der Waals surface area contributed by atoms with E-state index >= 15 is 0 Å². The first kappa shape index (κ1) is 18.7. The fourth-order valence-corrected chi connectivity index (χ4v) is 3.11. The predicted octanol–water partition coefficient (Wildman–Crippen LogP) is 2.48. The van der Waals surface area contributed by atoms with Crippen molar-refractivity contribution in [3.05, 3.63) is 65.4 Å². The SMILES string of the molecule is CO[NH2+]c1cccnc1N1CCC(=CC#Cc2cccc(CC#N)c2)CC1. The molecule has 27 heavy (non-hydrogen) atoms. The highest BCUT2D eigenvalue weighted by Gasteiger charge is 2.19. The Balaban J connectivity index is 1.62. The largest absolute Gasteiger partial charge is 0.351 e. The molecule has 136 valence electrons. The lowest BCUT2D eigenvalue weighted by Crippen LogP contribution is -2.76. The summed E-state index contributed by atoms with van der Waals surface area (Å²) in [7, 11) is 1.66. The molecule has 5 heteroatoms. The minimum Gasteiger partial charge on any atom is -0.351 e. The van der Waals surface area contributed by atoms with Gasteiger partial charge < -0.3 is 4.90 Å². The lowest BCUT2D eigenvalue weighted by Gasteiger charge is -2.29. The highest BCUT2D eigenvalue weighted by molar-refractivity contribution is 5.57. The maximum atomic E-state index is 8.79. The predicted molar refractivity (Wildman–Crippen MR) is 105 cm³/mol. The summed E-state index contributed by atoms with van der Waals surface area (Å²) in [5.41, 5.74) is 6.05. The van der Waals surface area contributed by atoms with Gasteiger partial charge in [0.05, 0.1) is 19.6 Å². The van der Waals surface area contributed by atoms with Gasteiger partial charge in [-0.25, -0.2) is 9.82 Å². The molecule has 0 aliphatic carbocycles. The number of pyridine rings is 1. The molecule has 0 bridgehead atoms. The minimum atomic E-state index is 0.419. The van der Waals surface area contributed by atoms with E-state index in [9.17, 15) is 0 Å².